The number of hydrogen-bond acceptors (Lipinski definition) is 2. The van der Waals surface area contributed by atoms with Crippen LogP contribution in [0.2, 0.25) is 0 Å². The van der Waals surface area contributed by atoms with Gasteiger partial charge >= 0.3 is 0 Å². The van der Waals surface area contributed by atoms with E-state index in [1.165, 1.54) is 11.1 Å². The molecule has 0 bridgehead atoms. The van der Waals surface area contributed by atoms with Gasteiger partial charge in [-0.3, -0.25) is 4.79 Å². The summed E-state index contributed by atoms with van der Waals surface area (Å²) in [6.45, 7) is 4.72. The maximum absolute atomic E-state index is 13.1. The number of amides is 1. The van der Waals surface area contributed by atoms with Crippen molar-refractivity contribution in [3.63, 3.8) is 0 Å². The number of aryl methyl sites for hydroxylation is 1. The second kappa shape index (κ2) is 8.78. The van der Waals surface area contributed by atoms with Gasteiger partial charge in [-0.05, 0) is 30.5 Å². The van der Waals surface area contributed by atoms with E-state index in [0.717, 1.165) is 11.3 Å². The Morgan fingerprint density at radius 3 is 2.23 bits per heavy atom. The molecule has 1 amide bonds. The van der Waals surface area contributed by atoms with Crippen molar-refractivity contribution < 1.29 is 4.79 Å². The standard InChI is InChI=1S/C26H25N3O/c1-19-13-15-22(16-14-19)25-24(18-29(28-25)23-11-7-4-8-12-23)26(30)27-17-20(2)21-9-5-3-6-10-21/h3-16,18,20H,17H2,1-2H3,(H,27,30)/t20-/m1/s1. The molecule has 0 radical (unpaired) electrons. The normalized spacial score (nSPS) is 11.8. The zero-order chi connectivity index (χ0) is 20.9. The number of rotatable bonds is 6. The molecule has 0 aliphatic carbocycles. The molecule has 0 spiro atoms. The van der Waals surface area contributed by atoms with Gasteiger partial charge in [0.1, 0.15) is 5.69 Å². The van der Waals surface area contributed by atoms with Crippen molar-refractivity contribution in [2.24, 2.45) is 0 Å². The van der Waals surface area contributed by atoms with Gasteiger partial charge < -0.3 is 5.32 Å². The number of aromatic nitrogens is 2. The lowest BCUT2D eigenvalue weighted by molar-refractivity contribution is 0.0952. The van der Waals surface area contributed by atoms with E-state index < -0.39 is 0 Å². The Kier molecular flexibility index (Phi) is 5.75. The predicted octanol–water partition coefficient (Wildman–Crippen LogP) is 5.38. The van der Waals surface area contributed by atoms with Crippen molar-refractivity contribution in [2.45, 2.75) is 19.8 Å². The fourth-order valence-corrected chi connectivity index (χ4v) is 3.42. The summed E-state index contributed by atoms with van der Waals surface area (Å²) in [4.78, 5) is 13.1. The summed E-state index contributed by atoms with van der Waals surface area (Å²) in [6.07, 6.45) is 1.81. The average molecular weight is 396 g/mol. The SMILES string of the molecule is Cc1ccc(-c2nn(-c3ccccc3)cc2C(=O)NC[C@@H](C)c2ccccc2)cc1. The van der Waals surface area contributed by atoms with Crippen molar-refractivity contribution in [3.05, 3.63) is 108 Å². The first-order valence-electron chi connectivity index (χ1n) is 10.2. The molecule has 150 valence electrons. The molecule has 4 aromatic rings. The number of hydrogen-bond donors (Lipinski definition) is 1. The van der Waals surface area contributed by atoms with E-state index in [4.69, 9.17) is 5.10 Å². The van der Waals surface area contributed by atoms with Crippen LogP contribution >= 0.6 is 0 Å². The van der Waals surface area contributed by atoms with E-state index in [-0.39, 0.29) is 11.8 Å². The predicted molar refractivity (Wildman–Crippen MR) is 121 cm³/mol. The molecule has 0 aliphatic heterocycles. The van der Waals surface area contributed by atoms with Crippen LogP contribution in [0.15, 0.2) is 91.1 Å². The van der Waals surface area contributed by atoms with E-state index >= 15 is 0 Å². The topological polar surface area (TPSA) is 46.9 Å². The van der Waals surface area contributed by atoms with Crippen LogP contribution in [0, 0.1) is 6.92 Å². The Morgan fingerprint density at radius 2 is 1.57 bits per heavy atom. The maximum atomic E-state index is 13.1. The molecule has 0 fully saturated rings. The molecule has 1 heterocycles. The monoisotopic (exact) mass is 395 g/mol. The summed E-state index contributed by atoms with van der Waals surface area (Å²) in [5.74, 6) is 0.109. The van der Waals surface area contributed by atoms with Crippen molar-refractivity contribution in [3.8, 4) is 16.9 Å². The van der Waals surface area contributed by atoms with Gasteiger partial charge in [0.15, 0.2) is 0 Å². The summed E-state index contributed by atoms with van der Waals surface area (Å²) < 4.78 is 1.77. The number of nitrogens with one attached hydrogen (secondary N) is 1. The fourth-order valence-electron chi connectivity index (χ4n) is 3.42. The zero-order valence-electron chi connectivity index (χ0n) is 17.2. The second-order valence-corrected chi connectivity index (χ2v) is 7.56. The fraction of sp³-hybridized carbons (Fsp3) is 0.154. The highest BCUT2D eigenvalue weighted by Crippen LogP contribution is 2.24. The van der Waals surface area contributed by atoms with Crippen LogP contribution in [0.5, 0.6) is 0 Å². The molecule has 4 heteroatoms. The number of carbonyl (C=O) groups is 1. The minimum absolute atomic E-state index is 0.115. The molecule has 1 N–H and O–H groups in total. The number of nitrogens with zero attached hydrogens (tertiary/aromatic N) is 2. The summed E-state index contributed by atoms with van der Waals surface area (Å²) in [5, 5.41) is 7.83. The van der Waals surface area contributed by atoms with Crippen molar-refractivity contribution in [2.75, 3.05) is 6.54 Å². The second-order valence-electron chi connectivity index (χ2n) is 7.56. The lowest BCUT2D eigenvalue weighted by Crippen LogP contribution is -2.27. The highest BCUT2D eigenvalue weighted by atomic mass is 16.1. The van der Waals surface area contributed by atoms with Crippen molar-refractivity contribution in [1.82, 2.24) is 15.1 Å². The van der Waals surface area contributed by atoms with Gasteiger partial charge in [0, 0.05) is 18.3 Å². The molecule has 1 aromatic heterocycles. The molecule has 4 rings (SSSR count). The summed E-state index contributed by atoms with van der Waals surface area (Å²) in [6, 6.07) is 28.2. The lowest BCUT2D eigenvalue weighted by atomic mass is 10.0. The highest BCUT2D eigenvalue weighted by Gasteiger charge is 2.19. The molecular formula is C26H25N3O. The van der Waals surface area contributed by atoms with Gasteiger partial charge in [0.05, 0.1) is 11.3 Å². The number of benzene rings is 3. The average Bonchev–Trinajstić information content (AvgIpc) is 3.24. The van der Waals surface area contributed by atoms with Gasteiger partial charge in [-0.25, -0.2) is 4.68 Å². The highest BCUT2D eigenvalue weighted by molar-refractivity contribution is 6.00. The van der Waals surface area contributed by atoms with Crippen LogP contribution in [0.3, 0.4) is 0 Å². The largest absolute Gasteiger partial charge is 0.351 e. The molecule has 1 atom stereocenters. The maximum Gasteiger partial charge on any atom is 0.255 e. The molecule has 0 saturated heterocycles. The van der Waals surface area contributed by atoms with E-state index in [1.54, 1.807) is 4.68 Å². The van der Waals surface area contributed by atoms with E-state index in [0.29, 0.717) is 17.8 Å². The molecule has 0 aliphatic rings. The first kappa shape index (κ1) is 19.6. The van der Waals surface area contributed by atoms with E-state index in [9.17, 15) is 4.79 Å². The lowest BCUT2D eigenvalue weighted by Gasteiger charge is -2.13. The Labute approximate surface area is 177 Å². The molecular weight excluding hydrogens is 370 g/mol. The Bertz CT molecular complexity index is 1120. The third kappa shape index (κ3) is 4.33. The quantitative estimate of drug-likeness (QED) is 0.476. The van der Waals surface area contributed by atoms with Gasteiger partial charge in [-0.15, -0.1) is 0 Å². The first-order chi connectivity index (χ1) is 14.6. The number of carbonyl (C=O) groups excluding carboxylic acids is 1. The molecule has 0 saturated carbocycles. The van der Waals surface area contributed by atoms with Crippen LogP contribution in [-0.4, -0.2) is 22.2 Å². The van der Waals surface area contributed by atoms with Crippen molar-refractivity contribution >= 4 is 5.91 Å². The van der Waals surface area contributed by atoms with Gasteiger partial charge in [-0.2, -0.15) is 5.10 Å². The third-order valence-electron chi connectivity index (χ3n) is 5.24. The third-order valence-corrected chi connectivity index (χ3v) is 5.24. The number of para-hydroxylation sites is 1. The summed E-state index contributed by atoms with van der Waals surface area (Å²) >= 11 is 0. The minimum atomic E-state index is -0.115. The molecule has 0 unspecified atom stereocenters. The minimum Gasteiger partial charge on any atom is -0.351 e. The van der Waals surface area contributed by atoms with Crippen LogP contribution in [0.25, 0.3) is 16.9 Å². The van der Waals surface area contributed by atoms with Gasteiger partial charge in [0.25, 0.3) is 5.91 Å². The molecule has 4 nitrogen and oxygen atoms in total. The Hall–Kier alpha value is -3.66. The van der Waals surface area contributed by atoms with E-state index in [1.807, 2.05) is 85.9 Å². The van der Waals surface area contributed by atoms with E-state index in [2.05, 4.69) is 24.4 Å². The zero-order valence-corrected chi connectivity index (χ0v) is 17.2. The van der Waals surface area contributed by atoms with Crippen LogP contribution in [0.1, 0.15) is 34.3 Å². The van der Waals surface area contributed by atoms with Gasteiger partial charge in [0.2, 0.25) is 0 Å². The van der Waals surface area contributed by atoms with Crippen LogP contribution in [0.4, 0.5) is 0 Å². The van der Waals surface area contributed by atoms with Crippen LogP contribution in [-0.2, 0) is 0 Å². The summed E-state index contributed by atoms with van der Waals surface area (Å²) in [7, 11) is 0. The molecule has 30 heavy (non-hydrogen) atoms. The Morgan fingerprint density at radius 1 is 0.933 bits per heavy atom. The van der Waals surface area contributed by atoms with Crippen LogP contribution < -0.4 is 5.32 Å². The van der Waals surface area contributed by atoms with Gasteiger partial charge in [-0.1, -0.05) is 85.3 Å². The summed E-state index contributed by atoms with van der Waals surface area (Å²) in [5.41, 5.74) is 5.48. The Balaban J connectivity index is 1.62. The smallest absolute Gasteiger partial charge is 0.255 e. The van der Waals surface area contributed by atoms with Crippen molar-refractivity contribution in [1.29, 1.82) is 0 Å². The first-order valence-corrected chi connectivity index (χ1v) is 10.2. The molecule has 3 aromatic carbocycles.